The standard InChI is InChI=1S/C24H26NO3/c1-25(2)19-12-7-13-23(19)20(25)14-21(23)28-22(26)24(27)17-10-5-3-8-15(17)16-9-4-6-11-18(16)24/h3-6,8-11,19-21,27H,7,12-14H2,1-2H3/q+1. The number of carbonyl (C=O) groups is 1. The number of rotatable bonds is 2. The molecule has 0 radical (unpaired) electrons. The van der Waals surface area contributed by atoms with E-state index in [-0.39, 0.29) is 11.5 Å². The van der Waals surface area contributed by atoms with Crippen LogP contribution in [-0.2, 0) is 15.1 Å². The fraction of sp³-hybridized carbons (Fsp3) is 0.458. The molecule has 0 aromatic heterocycles. The zero-order chi connectivity index (χ0) is 19.3. The third kappa shape index (κ3) is 1.65. The van der Waals surface area contributed by atoms with Gasteiger partial charge < -0.3 is 14.3 Å². The van der Waals surface area contributed by atoms with Gasteiger partial charge in [0.1, 0.15) is 23.6 Å². The first kappa shape index (κ1) is 16.8. The fourth-order valence-electron chi connectivity index (χ4n) is 7.28. The van der Waals surface area contributed by atoms with Crippen molar-refractivity contribution in [3.8, 4) is 11.1 Å². The van der Waals surface area contributed by atoms with Gasteiger partial charge in [-0.3, -0.25) is 0 Å². The van der Waals surface area contributed by atoms with Crippen molar-refractivity contribution < 1.29 is 19.1 Å². The van der Waals surface area contributed by atoms with Crippen LogP contribution in [0.25, 0.3) is 11.1 Å². The molecule has 144 valence electrons. The van der Waals surface area contributed by atoms with Crippen LogP contribution in [0.3, 0.4) is 0 Å². The highest BCUT2D eigenvalue weighted by molar-refractivity contribution is 5.96. The van der Waals surface area contributed by atoms with Gasteiger partial charge in [-0.05, 0) is 24.0 Å². The molecule has 1 N–H and O–H groups in total. The van der Waals surface area contributed by atoms with Crippen molar-refractivity contribution in [1.29, 1.82) is 0 Å². The summed E-state index contributed by atoms with van der Waals surface area (Å²) in [5.74, 6) is -0.509. The number of nitrogens with zero attached hydrogens (tertiary/aromatic N) is 1. The van der Waals surface area contributed by atoms with Gasteiger partial charge in [0.25, 0.3) is 0 Å². The number of fused-ring (bicyclic) bond motifs is 3. The molecule has 4 unspecified atom stereocenters. The average molecular weight is 376 g/mol. The minimum absolute atomic E-state index is 0.0624. The van der Waals surface area contributed by atoms with Crippen LogP contribution >= 0.6 is 0 Å². The summed E-state index contributed by atoms with van der Waals surface area (Å²) < 4.78 is 7.18. The molecule has 2 aromatic rings. The molecule has 0 amide bonds. The summed E-state index contributed by atoms with van der Waals surface area (Å²) in [5.41, 5.74) is 1.55. The lowest BCUT2D eigenvalue weighted by atomic mass is 9.50. The van der Waals surface area contributed by atoms with E-state index in [0.717, 1.165) is 28.5 Å². The Bertz CT molecular complexity index is 967. The molecule has 0 bridgehead atoms. The lowest BCUT2D eigenvalue weighted by molar-refractivity contribution is -1.02. The number of ether oxygens (including phenoxy) is 1. The zero-order valence-electron chi connectivity index (χ0n) is 16.4. The first-order valence-corrected chi connectivity index (χ1v) is 10.4. The van der Waals surface area contributed by atoms with Crippen molar-refractivity contribution >= 4 is 5.97 Å². The number of carbonyl (C=O) groups excluding carboxylic acids is 1. The van der Waals surface area contributed by atoms with Crippen LogP contribution in [0.15, 0.2) is 48.5 Å². The van der Waals surface area contributed by atoms with Gasteiger partial charge in [0, 0.05) is 24.0 Å². The average Bonchev–Trinajstić information content (AvgIpc) is 3.26. The van der Waals surface area contributed by atoms with E-state index in [4.69, 9.17) is 4.74 Å². The molecule has 4 aliphatic rings. The highest BCUT2D eigenvalue weighted by Crippen LogP contribution is 2.68. The molecule has 1 spiro atoms. The van der Waals surface area contributed by atoms with Crippen LogP contribution in [0.4, 0.5) is 0 Å². The molecule has 4 heteroatoms. The van der Waals surface area contributed by atoms with Crippen LogP contribution in [0.5, 0.6) is 0 Å². The number of hydrogen-bond donors (Lipinski definition) is 1. The molecule has 4 atom stereocenters. The number of esters is 1. The Labute approximate surface area is 165 Å². The molecule has 6 rings (SSSR count). The maximum Gasteiger partial charge on any atom is 0.348 e. The third-order valence-electron chi connectivity index (χ3n) is 8.44. The van der Waals surface area contributed by atoms with Crippen molar-refractivity contribution in [2.45, 2.75) is 49.5 Å². The number of benzene rings is 2. The highest BCUT2D eigenvalue weighted by Gasteiger charge is 2.81. The molecular weight excluding hydrogens is 350 g/mol. The highest BCUT2D eigenvalue weighted by atomic mass is 16.6. The van der Waals surface area contributed by atoms with Crippen LogP contribution in [0.1, 0.15) is 36.8 Å². The maximum atomic E-state index is 13.4. The molecule has 3 fully saturated rings. The van der Waals surface area contributed by atoms with Gasteiger partial charge in [0.05, 0.1) is 14.1 Å². The molecule has 4 nitrogen and oxygen atoms in total. The summed E-state index contributed by atoms with van der Waals surface area (Å²) >= 11 is 0. The largest absolute Gasteiger partial charge is 0.458 e. The quantitative estimate of drug-likeness (QED) is 0.647. The van der Waals surface area contributed by atoms with E-state index in [1.54, 1.807) is 0 Å². The van der Waals surface area contributed by atoms with Gasteiger partial charge in [-0.1, -0.05) is 48.5 Å². The van der Waals surface area contributed by atoms with Crippen molar-refractivity contribution in [2.75, 3.05) is 14.1 Å². The lowest BCUT2D eigenvalue weighted by Gasteiger charge is -2.72. The number of piperidine rings is 1. The molecule has 1 heterocycles. The van der Waals surface area contributed by atoms with Gasteiger partial charge in [0.2, 0.25) is 5.60 Å². The van der Waals surface area contributed by atoms with Crippen molar-refractivity contribution in [1.82, 2.24) is 0 Å². The summed E-state index contributed by atoms with van der Waals surface area (Å²) in [4.78, 5) is 13.4. The van der Waals surface area contributed by atoms with Crippen LogP contribution in [0, 0.1) is 5.41 Å². The smallest absolute Gasteiger partial charge is 0.348 e. The summed E-state index contributed by atoms with van der Waals surface area (Å²) in [7, 11) is 4.63. The minimum Gasteiger partial charge on any atom is -0.458 e. The van der Waals surface area contributed by atoms with Crippen molar-refractivity contribution in [3.05, 3.63) is 59.7 Å². The van der Waals surface area contributed by atoms with E-state index in [1.165, 1.54) is 12.8 Å². The van der Waals surface area contributed by atoms with E-state index in [1.807, 2.05) is 48.5 Å². The van der Waals surface area contributed by atoms with Gasteiger partial charge in [-0.2, -0.15) is 0 Å². The minimum atomic E-state index is -1.71. The summed E-state index contributed by atoms with van der Waals surface area (Å²) in [6, 6.07) is 16.4. The van der Waals surface area contributed by atoms with Crippen molar-refractivity contribution in [2.24, 2.45) is 5.41 Å². The zero-order valence-corrected chi connectivity index (χ0v) is 16.4. The second kappa shape index (κ2) is 5.05. The van der Waals surface area contributed by atoms with E-state index in [9.17, 15) is 9.90 Å². The predicted octanol–water partition coefficient (Wildman–Crippen LogP) is 3.22. The molecule has 1 aliphatic heterocycles. The molecule has 2 saturated carbocycles. The van der Waals surface area contributed by atoms with E-state index >= 15 is 0 Å². The van der Waals surface area contributed by atoms with E-state index in [2.05, 4.69) is 14.1 Å². The predicted molar refractivity (Wildman–Crippen MR) is 105 cm³/mol. The van der Waals surface area contributed by atoms with Gasteiger partial charge in [-0.15, -0.1) is 0 Å². The van der Waals surface area contributed by atoms with Crippen LogP contribution in [0.2, 0.25) is 0 Å². The molecule has 28 heavy (non-hydrogen) atoms. The Morgan fingerprint density at radius 2 is 1.64 bits per heavy atom. The molecule has 1 saturated heterocycles. The maximum absolute atomic E-state index is 13.4. The number of aliphatic hydroxyl groups is 1. The Kier molecular flexibility index (Phi) is 3.02. The van der Waals surface area contributed by atoms with Crippen LogP contribution < -0.4 is 0 Å². The van der Waals surface area contributed by atoms with E-state index in [0.29, 0.717) is 23.2 Å². The first-order valence-electron chi connectivity index (χ1n) is 10.4. The normalized spacial score (nSPS) is 34.9. The summed E-state index contributed by atoms with van der Waals surface area (Å²) in [5, 5.41) is 11.7. The van der Waals surface area contributed by atoms with Gasteiger partial charge in [-0.25, -0.2) is 4.79 Å². The number of likely N-dealkylation sites (tertiary alicyclic amines) is 1. The monoisotopic (exact) mass is 376 g/mol. The van der Waals surface area contributed by atoms with Crippen LogP contribution in [-0.4, -0.2) is 47.8 Å². The molecule has 2 aromatic carbocycles. The lowest BCUT2D eigenvalue weighted by Crippen LogP contribution is -2.87. The Hall–Kier alpha value is -2.17. The molecular formula is C24H26NO3+. The van der Waals surface area contributed by atoms with Gasteiger partial charge in [0.15, 0.2) is 0 Å². The Morgan fingerprint density at radius 3 is 2.29 bits per heavy atom. The Balaban J connectivity index is 1.36. The molecule has 3 aliphatic carbocycles. The summed E-state index contributed by atoms with van der Waals surface area (Å²) in [6.45, 7) is 0. The first-order chi connectivity index (χ1) is 13.4. The van der Waals surface area contributed by atoms with Crippen molar-refractivity contribution in [3.63, 3.8) is 0 Å². The second-order valence-electron chi connectivity index (χ2n) is 9.60. The topological polar surface area (TPSA) is 46.5 Å². The van der Waals surface area contributed by atoms with E-state index < -0.39 is 11.6 Å². The van der Waals surface area contributed by atoms with Gasteiger partial charge >= 0.3 is 5.97 Å². The summed E-state index contributed by atoms with van der Waals surface area (Å²) in [6.07, 6.45) is 4.43. The number of hydrogen-bond acceptors (Lipinski definition) is 3. The fourth-order valence-corrected chi connectivity index (χ4v) is 7.28. The third-order valence-corrected chi connectivity index (χ3v) is 8.44. The number of quaternary nitrogens is 1. The Morgan fingerprint density at radius 1 is 1.04 bits per heavy atom. The second-order valence-corrected chi connectivity index (χ2v) is 9.60. The SMILES string of the molecule is C[N+]1(C)C2CCCC23C(OC(=O)C2(O)c4ccccc4-c4ccccc42)CC31.